The molecule has 0 aliphatic heterocycles. The van der Waals surface area contributed by atoms with Crippen LogP contribution in [0.4, 0.5) is 0 Å². The van der Waals surface area contributed by atoms with Gasteiger partial charge in [-0.3, -0.25) is 0 Å². The molecule has 7 heavy (non-hydrogen) atoms. The molecule has 0 bridgehead atoms. The Balaban J connectivity index is 0. The number of rotatable bonds is 2. The van der Waals surface area contributed by atoms with Crippen molar-refractivity contribution in [3.63, 3.8) is 0 Å². The van der Waals surface area contributed by atoms with E-state index in [1.807, 2.05) is 0 Å². The van der Waals surface area contributed by atoms with Crippen molar-refractivity contribution in [3.8, 4) is 0 Å². The molecule has 0 aliphatic rings. The third-order valence-corrected chi connectivity index (χ3v) is 0.408. The van der Waals surface area contributed by atoms with E-state index in [4.69, 9.17) is 5.11 Å². The van der Waals surface area contributed by atoms with Gasteiger partial charge < -0.3 is 9.84 Å². The van der Waals surface area contributed by atoms with Crippen LogP contribution in [0.3, 0.4) is 0 Å². The molecule has 0 radical (unpaired) electrons. The van der Waals surface area contributed by atoms with Gasteiger partial charge in [-0.1, -0.05) is 0 Å². The molecule has 1 N–H and O–H groups in total. The second-order valence-electron chi connectivity index (χ2n) is 1.30. The monoisotopic (exact) mass is 114 g/mol. The van der Waals surface area contributed by atoms with Gasteiger partial charge in [0.15, 0.2) is 0 Å². The van der Waals surface area contributed by atoms with Gasteiger partial charge >= 0.3 is 29.6 Å². The van der Waals surface area contributed by atoms with Gasteiger partial charge in [-0.2, -0.15) is 0 Å². The Morgan fingerprint density at radius 2 is 2.14 bits per heavy atom. The fourth-order valence-electron chi connectivity index (χ4n) is 0.241. The van der Waals surface area contributed by atoms with Crippen molar-refractivity contribution in [3.05, 3.63) is 0 Å². The number of hydrogen-bond acceptors (Lipinski definition) is 2. The van der Waals surface area contributed by atoms with Gasteiger partial charge in [-0.05, 0) is 6.92 Å². The van der Waals surface area contributed by atoms with Crippen LogP contribution in [-0.2, 0) is 4.74 Å². The van der Waals surface area contributed by atoms with Crippen LogP contribution < -0.4 is 0 Å². The summed E-state index contributed by atoms with van der Waals surface area (Å²) in [4.78, 5) is 0. The van der Waals surface area contributed by atoms with E-state index in [0.717, 1.165) is 0 Å². The molecule has 0 amide bonds. The molecule has 0 spiro atoms. The third kappa shape index (κ3) is 10.9. The average Bonchev–Trinajstić information content (AvgIpc) is 1.35. The van der Waals surface area contributed by atoms with E-state index in [1.54, 1.807) is 14.0 Å². The molecule has 0 aromatic carbocycles. The molecule has 0 saturated carbocycles. The molecule has 0 aromatic rings. The molecule has 1 atom stereocenters. The number of aliphatic hydroxyl groups excluding tert-OH is 1. The number of methoxy groups -OCH3 is 1. The summed E-state index contributed by atoms with van der Waals surface area (Å²) in [5, 5.41) is 8.43. The Kier molecular flexibility index (Phi) is 10.7. The minimum absolute atomic E-state index is 0. The molecule has 2 nitrogen and oxygen atoms in total. The molecule has 0 fully saturated rings. The second-order valence-corrected chi connectivity index (χ2v) is 1.30. The molecule has 0 heterocycles. The zero-order valence-corrected chi connectivity index (χ0v) is 4.14. The summed E-state index contributed by atoms with van der Waals surface area (Å²) in [7, 11) is 1.56. The van der Waals surface area contributed by atoms with Crippen molar-refractivity contribution < 1.29 is 9.84 Å². The minimum atomic E-state index is -0.324. The number of aliphatic hydroxyl groups is 1. The second kappa shape index (κ2) is 6.92. The van der Waals surface area contributed by atoms with Crippen LogP contribution in [0.15, 0.2) is 0 Å². The fraction of sp³-hybridized carbons (Fsp3) is 1.00. The van der Waals surface area contributed by atoms with E-state index < -0.39 is 0 Å². The third-order valence-electron chi connectivity index (χ3n) is 0.408. The van der Waals surface area contributed by atoms with E-state index >= 15 is 0 Å². The van der Waals surface area contributed by atoms with Crippen LogP contribution in [0.25, 0.3) is 0 Å². The van der Waals surface area contributed by atoms with Crippen LogP contribution in [0, 0.1) is 0 Å². The fourth-order valence-corrected chi connectivity index (χ4v) is 0.241. The van der Waals surface area contributed by atoms with Crippen molar-refractivity contribution in [2.75, 3.05) is 13.7 Å². The molecule has 0 aliphatic carbocycles. The Morgan fingerprint density at radius 1 is 1.71 bits per heavy atom. The van der Waals surface area contributed by atoms with Gasteiger partial charge in [-0.25, -0.2) is 0 Å². The first-order valence-corrected chi connectivity index (χ1v) is 1.94. The van der Waals surface area contributed by atoms with Gasteiger partial charge in [0.1, 0.15) is 0 Å². The van der Waals surface area contributed by atoms with Crippen LogP contribution in [-0.4, -0.2) is 54.5 Å². The van der Waals surface area contributed by atoms with Gasteiger partial charge in [0.2, 0.25) is 0 Å². The maximum absolute atomic E-state index is 8.43. The first kappa shape index (κ1) is 10.8. The van der Waals surface area contributed by atoms with E-state index in [9.17, 15) is 0 Å². The molecule has 0 saturated heterocycles. The van der Waals surface area contributed by atoms with Gasteiger partial charge in [0.25, 0.3) is 0 Å². The van der Waals surface area contributed by atoms with E-state index in [0.29, 0.717) is 6.61 Å². The van der Waals surface area contributed by atoms with Crippen molar-refractivity contribution in [2.45, 2.75) is 13.0 Å². The summed E-state index contributed by atoms with van der Waals surface area (Å²) in [6.07, 6.45) is -0.324. The Hall–Kier alpha value is 0.920. The quantitative estimate of drug-likeness (QED) is 0.484. The topological polar surface area (TPSA) is 29.5 Å². The Bertz CT molecular complexity index is 30.9. The number of ether oxygens (including phenoxy) is 1. The van der Waals surface area contributed by atoms with Crippen LogP contribution in [0.1, 0.15) is 6.92 Å². The van der Waals surface area contributed by atoms with E-state index in [2.05, 4.69) is 4.74 Å². The summed E-state index contributed by atoms with van der Waals surface area (Å²) in [6.45, 7) is 2.11. The molecule has 40 valence electrons. The summed E-state index contributed by atoms with van der Waals surface area (Å²) in [5.41, 5.74) is 0. The molecule has 1 unspecified atom stereocenters. The maximum atomic E-state index is 8.43. The summed E-state index contributed by atoms with van der Waals surface area (Å²) in [5.74, 6) is 0. The van der Waals surface area contributed by atoms with Crippen molar-refractivity contribution in [1.82, 2.24) is 0 Å². The summed E-state index contributed by atoms with van der Waals surface area (Å²) in [6, 6.07) is 0. The summed E-state index contributed by atoms with van der Waals surface area (Å²) < 4.78 is 4.55. The van der Waals surface area contributed by atoms with Gasteiger partial charge in [0, 0.05) is 7.11 Å². The summed E-state index contributed by atoms with van der Waals surface area (Å²) >= 11 is 0. The first-order chi connectivity index (χ1) is 2.77. The normalized spacial score (nSPS) is 12.4. The zero-order valence-electron chi connectivity index (χ0n) is 4.14. The van der Waals surface area contributed by atoms with E-state index in [-0.39, 0.29) is 35.7 Å². The van der Waals surface area contributed by atoms with Crippen molar-refractivity contribution in [2.24, 2.45) is 0 Å². The van der Waals surface area contributed by atoms with Crippen molar-refractivity contribution in [1.29, 1.82) is 0 Å². The zero-order chi connectivity index (χ0) is 4.99. The SMILES string of the molecule is COCC(C)O.[NaH]. The predicted octanol–water partition coefficient (Wildman–Crippen LogP) is -0.635. The van der Waals surface area contributed by atoms with Gasteiger partial charge in [-0.15, -0.1) is 0 Å². The standard InChI is InChI=1S/C4H10O2.Na.H/c1-4(5)3-6-2;;/h4-5H,3H2,1-2H3;;. The Morgan fingerprint density at radius 3 is 2.14 bits per heavy atom. The molecular formula is C4H11NaO2. The molecule has 0 aromatic heterocycles. The first-order valence-electron chi connectivity index (χ1n) is 1.94. The van der Waals surface area contributed by atoms with Crippen LogP contribution in [0.5, 0.6) is 0 Å². The van der Waals surface area contributed by atoms with Gasteiger partial charge in [0.05, 0.1) is 12.7 Å². The molecule has 3 heteroatoms. The Labute approximate surface area is 66.2 Å². The van der Waals surface area contributed by atoms with Crippen LogP contribution >= 0.6 is 0 Å². The van der Waals surface area contributed by atoms with Crippen LogP contribution in [0.2, 0.25) is 0 Å². The number of hydrogen-bond donors (Lipinski definition) is 1. The average molecular weight is 114 g/mol. The van der Waals surface area contributed by atoms with E-state index in [1.165, 1.54) is 0 Å². The van der Waals surface area contributed by atoms with Crippen molar-refractivity contribution >= 4 is 29.6 Å². The predicted molar refractivity (Wildman–Crippen MR) is 30.7 cm³/mol. The molecule has 0 rings (SSSR count). The molecular weight excluding hydrogens is 103 g/mol.